The minimum absolute atomic E-state index is 0.0221. The van der Waals surface area contributed by atoms with Gasteiger partial charge >= 0.3 is 0 Å². The Morgan fingerprint density at radius 2 is 2.33 bits per heavy atom. The fourth-order valence-corrected chi connectivity index (χ4v) is 5.59. The Kier molecular flexibility index (Phi) is 5.09. The number of sulfone groups is 1. The molecule has 0 aromatic carbocycles. The van der Waals surface area contributed by atoms with Crippen LogP contribution in [0.25, 0.3) is 0 Å². The number of carbonyl (C=O) groups excluding carboxylic acids is 1. The predicted octanol–water partition coefficient (Wildman–Crippen LogP) is -0.0151. The Morgan fingerprint density at radius 3 is 3.04 bits per heavy atom. The molecule has 1 unspecified atom stereocenters. The van der Waals surface area contributed by atoms with E-state index in [0.717, 1.165) is 13.0 Å². The number of nitrogens with zero attached hydrogens (tertiary/aromatic N) is 2. The number of hydrogen-bond acceptors (Lipinski definition) is 5. The number of nitrogens with one attached hydrogen (secondary N) is 2. The van der Waals surface area contributed by atoms with Gasteiger partial charge in [0.2, 0.25) is 5.91 Å². The molecule has 2 aliphatic rings. The summed E-state index contributed by atoms with van der Waals surface area (Å²) in [6.45, 7) is 1.55. The molecule has 24 heavy (non-hydrogen) atoms. The Balaban J connectivity index is 1.48. The van der Waals surface area contributed by atoms with Crippen molar-refractivity contribution in [1.29, 1.82) is 0 Å². The van der Waals surface area contributed by atoms with E-state index in [1.54, 1.807) is 18.4 Å². The molecule has 2 N–H and O–H groups in total. The van der Waals surface area contributed by atoms with Crippen LogP contribution in [0.5, 0.6) is 0 Å². The maximum Gasteiger partial charge on any atom is 0.242 e. The minimum atomic E-state index is -2.94. The highest BCUT2D eigenvalue weighted by Crippen LogP contribution is 2.23. The third-order valence-corrected chi connectivity index (χ3v) is 7.16. The van der Waals surface area contributed by atoms with Crippen molar-refractivity contribution in [2.24, 2.45) is 4.99 Å². The van der Waals surface area contributed by atoms with E-state index in [2.05, 4.69) is 27.1 Å². The highest BCUT2D eigenvalue weighted by Gasteiger charge is 2.28. The first-order chi connectivity index (χ1) is 11.5. The average Bonchev–Trinajstić information content (AvgIpc) is 3.16. The highest BCUT2D eigenvalue weighted by atomic mass is 32.2. The van der Waals surface area contributed by atoms with Crippen LogP contribution in [0.4, 0.5) is 0 Å². The van der Waals surface area contributed by atoms with Crippen LogP contribution in [-0.2, 0) is 27.6 Å². The van der Waals surface area contributed by atoms with Crippen molar-refractivity contribution < 1.29 is 13.2 Å². The summed E-state index contributed by atoms with van der Waals surface area (Å²) in [5, 5.41) is 8.14. The summed E-state index contributed by atoms with van der Waals surface area (Å²) in [5.74, 6) is 0.819. The van der Waals surface area contributed by atoms with Gasteiger partial charge in [-0.3, -0.25) is 9.79 Å². The molecular formula is C15H22N4O3S2. The summed E-state index contributed by atoms with van der Waals surface area (Å²) in [7, 11) is -1.33. The Labute approximate surface area is 146 Å². The van der Waals surface area contributed by atoms with Crippen LogP contribution < -0.4 is 10.6 Å². The lowest BCUT2D eigenvalue weighted by atomic mass is 10.1. The summed E-state index contributed by atoms with van der Waals surface area (Å²) in [4.78, 5) is 19.7. The predicted molar refractivity (Wildman–Crippen MR) is 95.0 cm³/mol. The lowest BCUT2D eigenvalue weighted by Crippen LogP contribution is -2.48. The number of hydrogen-bond donors (Lipinski definition) is 2. The van der Waals surface area contributed by atoms with Gasteiger partial charge in [-0.1, -0.05) is 0 Å². The average molecular weight is 371 g/mol. The van der Waals surface area contributed by atoms with E-state index in [-0.39, 0.29) is 30.0 Å². The summed E-state index contributed by atoms with van der Waals surface area (Å²) >= 11 is 1.75. The van der Waals surface area contributed by atoms with E-state index in [1.165, 1.54) is 10.4 Å². The van der Waals surface area contributed by atoms with Crippen LogP contribution in [0.15, 0.2) is 16.4 Å². The lowest BCUT2D eigenvalue weighted by Gasteiger charge is -2.27. The first-order valence-corrected chi connectivity index (χ1v) is 10.7. The Morgan fingerprint density at radius 1 is 1.50 bits per heavy atom. The van der Waals surface area contributed by atoms with Crippen LogP contribution in [0.1, 0.15) is 16.9 Å². The number of fused-ring (bicyclic) bond motifs is 1. The van der Waals surface area contributed by atoms with Crippen molar-refractivity contribution in [2.75, 3.05) is 31.6 Å². The van der Waals surface area contributed by atoms with E-state index < -0.39 is 9.84 Å². The zero-order valence-electron chi connectivity index (χ0n) is 13.6. The molecular weight excluding hydrogens is 348 g/mol. The quantitative estimate of drug-likeness (QED) is 0.577. The van der Waals surface area contributed by atoms with E-state index in [0.29, 0.717) is 18.9 Å². The van der Waals surface area contributed by atoms with E-state index in [4.69, 9.17) is 0 Å². The molecule has 7 nitrogen and oxygen atoms in total. The van der Waals surface area contributed by atoms with Crippen molar-refractivity contribution >= 4 is 33.0 Å². The van der Waals surface area contributed by atoms with Crippen LogP contribution in [0, 0.1) is 0 Å². The SMILES string of the molecule is CN=C(NCC(=O)N1CCc2sccc2C1)NC1CCS(=O)(=O)C1. The van der Waals surface area contributed by atoms with Crippen molar-refractivity contribution in [3.63, 3.8) is 0 Å². The van der Waals surface area contributed by atoms with Gasteiger partial charge in [0.25, 0.3) is 0 Å². The lowest BCUT2D eigenvalue weighted by molar-refractivity contribution is -0.130. The number of rotatable bonds is 3. The molecule has 1 amide bonds. The molecule has 0 bridgehead atoms. The smallest absolute Gasteiger partial charge is 0.242 e. The van der Waals surface area contributed by atoms with Gasteiger partial charge in [0.05, 0.1) is 18.1 Å². The zero-order valence-corrected chi connectivity index (χ0v) is 15.3. The normalized spacial score (nSPS) is 23.0. The van der Waals surface area contributed by atoms with Crippen molar-refractivity contribution in [3.05, 3.63) is 21.9 Å². The molecule has 1 atom stereocenters. The molecule has 132 valence electrons. The first kappa shape index (κ1) is 17.2. The number of carbonyl (C=O) groups is 1. The van der Waals surface area contributed by atoms with E-state index in [1.807, 2.05) is 4.90 Å². The summed E-state index contributed by atoms with van der Waals surface area (Å²) in [6, 6.07) is 1.94. The van der Waals surface area contributed by atoms with Crippen molar-refractivity contribution in [1.82, 2.24) is 15.5 Å². The van der Waals surface area contributed by atoms with Gasteiger partial charge in [-0.15, -0.1) is 11.3 Å². The van der Waals surface area contributed by atoms with Gasteiger partial charge in [0.1, 0.15) is 0 Å². The summed E-state index contributed by atoms with van der Waals surface area (Å²) in [5.41, 5.74) is 1.23. The van der Waals surface area contributed by atoms with Gasteiger partial charge < -0.3 is 15.5 Å². The molecule has 1 aromatic heterocycles. The maximum atomic E-state index is 12.4. The van der Waals surface area contributed by atoms with Gasteiger partial charge in [-0.05, 0) is 29.9 Å². The van der Waals surface area contributed by atoms with Crippen molar-refractivity contribution in [2.45, 2.75) is 25.4 Å². The van der Waals surface area contributed by atoms with Gasteiger partial charge in [-0.25, -0.2) is 8.42 Å². The second-order valence-electron chi connectivity index (χ2n) is 6.10. The van der Waals surface area contributed by atoms with E-state index >= 15 is 0 Å². The number of amides is 1. The molecule has 3 heterocycles. The molecule has 1 fully saturated rings. The van der Waals surface area contributed by atoms with Crippen LogP contribution in [0.3, 0.4) is 0 Å². The fourth-order valence-electron chi connectivity index (χ4n) is 3.03. The Hall–Kier alpha value is -1.61. The summed E-state index contributed by atoms with van der Waals surface area (Å²) < 4.78 is 23.0. The minimum Gasteiger partial charge on any atom is -0.353 e. The molecule has 0 saturated carbocycles. The molecule has 0 radical (unpaired) electrons. The highest BCUT2D eigenvalue weighted by molar-refractivity contribution is 7.91. The Bertz CT molecular complexity index is 742. The molecule has 2 aliphatic heterocycles. The van der Waals surface area contributed by atoms with Crippen LogP contribution in [-0.4, -0.2) is 62.9 Å². The van der Waals surface area contributed by atoms with E-state index in [9.17, 15) is 13.2 Å². The second-order valence-corrected chi connectivity index (χ2v) is 9.33. The zero-order chi connectivity index (χ0) is 17.2. The van der Waals surface area contributed by atoms with Gasteiger partial charge in [0, 0.05) is 31.1 Å². The fraction of sp³-hybridized carbons (Fsp3) is 0.600. The maximum absolute atomic E-state index is 12.4. The third kappa shape index (κ3) is 4.07. The molecule has 1 saturated heterocycles. The molecule has 9 heteroatoms. The number of guanidine groups is 1. The largest absolute Gasteiger partial charge is 0.353 e. The van der Waals surface area contributed by atoms with Gasteiger partial charge in [0.15, 0.2) is 15.8 Å². The van der Waals surface area contributed by atoms with Crippen LogP contribution >= 0.6 is 11.3 Å². The monoisotopic (exact) mass is 370 g/mol. The molecule has 0 aliphatic carbocycles. The molecule has 0 spiro atoms. The van der Waals surface area contributed by atoms with Crippen LogP contribution in [0.2, 0.25) is 0 Å². The molecule has 3 rings (SSSR count). The first-order valence-electron chi connectivity index (χ1n) is 7.97. The second kappa shape index (κ2) is 7.10. The van der Waals surface area contributed by atoms with Crippen molar-refractivity contribution in [3.8, 4) is 0 Å². The summed E-state index contributed by atoms with van der Waals surface area (Å²) in [6.07, 6.45) is 1.48. The standard InChI is InChI=1S/C15H22N4O3S2/c1-16-15(18-12-4-7-24(21,22)10-12)17-8-14(20)19-5-2-13-11(9-19)3-6-23-13/h3,6,12H,2,4-5,7-10H2,1H3,(H2,16,17,18). The third-order valence-electron chi connectivity index (χ3n) is 4.36. The van der Waals surface area contributed by atoms with Gasteiger partial charge in [-0.2, -0.15) is 0 Å². The molecule has 1 aromatic rings. The number of thiophene rings is 1. The topological polar surface area (TPSA) is 90.9 Å². The number of aliphatic imine (C=N–C) groups is 1.